The molecular formula is C13H12ClFN2O. The highest BCUT2D eigenvalue weighted by atomic mass is 35.5. The lowest BCUT2D eigenvalue weighted by Gasteiger charge is -2.09. The maximum Gasteiger partial charge on any atom is 0.164 e. The summed E-state index contributed by atoms with van der Waals surface area (Å²) in [5.74, 6) is -0.893. The van der Waals surface area contributed by atoms with Crippen molar-refractivity contribution in [1.82, 2.24) is 9.78 Å². The summed E-state index contributed by atoms with van der Waals surface area (Å²) in [5.41, 5.74) is 1.77. The number of aromatic nitrogens is 2. The molecule has 0 aliphatic carbocycles. The molecule has 0 radical (unpaired) electrons. The third-order valence-electron chi connectivity index (χ3n) is 2.77. The zero-order valence-corrected chi connectivity index (χ0v) is 11.0. The minimum Gasteiger partial charge on any atom is -0.294 e. The van der Waals surface area contributed by atoms with Gasteiger partial charge in [-0.05, 0) is 32.9 Å². The molecular weight excluding hydrogens is 255 g/mol. The van der Waals surface area contributed by atoms with Gasteiger partial charge in [0.25, 0.3) is 0 Å². The van der Waals surface area contributed by atoms with Crippen molar-refractivity contribution < 1.29 is 9.18 Å². The van der Waals surface area contributed by atoms with Crippen molar-refractivity contribution in [1.29, 1.82) is 0 Å². The fourth-order valence-corrected chi connectivity index (χ4v) is 2.01. The van der Waals surface area contributed by atoms with Crippen LogP contribution < -0.4 is 0 Å². The maximum atomic E-state index is 13.7. The summed E-state index contributed by atoms with van der Waals surface area (Å²) in [4.78, 5) is 11.5. The third-order valence-corrected chi connectivity index (χ3v) is 3.32. The van der Waals surface area contributed by atoms with E-state index in [1.165, 1.54) is 17.7 Å². The van der Waals surface area contributed by atoms with Gasteiger partial charge in [0.2, 0.25) is 0 Å². The molecule has 0 atom stereocenters. The highest BCUT2D eigenvalue weighted by Crippen LogP contribution is 2.25. The molecule has 0 unspecified atom stereocenters. The van der Waals surface area contributed by atoms with Gasteiger partial charge in [-0.15, -0.1) is 0 Å². The Morgan fingerprint density at radius 2 is 2.06 bits per heavy atom. The lowest BCUT2D eigenvalue weighted by Crippen LogP contribution is -2.08. The Bertz CT molecular complexity index is 634. The predicted octanol–water partition coefficient (Wildman–Crippen LogP) is 3.48. The quantitative estimate of drug-likeness (QED) is 0.780. The number of benzene rings is 1. The number of halogens is 2. The van der Waals surface area contributed by atoms with Crippen molar-refractivity contribution in [3.05, 3.63) is 46.0 Å². The molecule has 1 aromatic carbocycles. The average Bonchev–Trinajstić information content (AvgIpc) is 2.56. The van der Waals surface area contributed by atoms with E-state index in [2.05, 4.69) is 5.10 Å². The second-order valence-electron chi connectivity index (χ2n) is 4.09. The van der Waals surface area contributed by atoms with E-state index in [1.54, 1.807) is 26.0 Å². The zero-order chi connectivity index (χ0) is 13.4. The minimum absolute atomic E-state index is 0.0276. The average molecular weight is 267 g/mol. The van der Waals surface area contributed by atoms with Crippen LogP contribution in [0, 0.1) is 19.7 Å². The van der Waals surface area contributed by atoms with Crippen LogP contribution in [0.2, 0.25) is 5.02 Å². The van der Waals surface area contributed by atoms with Crippen molar-refractivity contribution in [2.75, 3.05) is 0 Å². The van der Waals surface area contributed by atoms with Crippen LogP contribution >= 0.6 is 11.6 Å². The van der Waals surface area contributed by atoms with Crippen LogP contribution in [0.15, 0.2) is 18.2 Å². The predicted molar refractivity (Wildman–Crippen MR) is 68.0 cm³/mol. The summed E-state index contributed by atoms with van der Waals surface area (Å²) < 4.78 is 15.2. The summed E-state index contributed by atoms with van der Waals surface area (Å²) >= 11 is 6.06. The Labute approximate surface area is 109 Å². The highest BCUT2D eigenvalue weighted by molar-refractivity contribution is 6.31. The third kappa shape index (κ3) is 1.93. The van der Waals surface area contributed by atoms with Crippen molar-refractivity contribution in [3.63, 3.8) is 0 Å². The van der Waals surface area contributed by atoms with E-state index in [4.69, 9.17) is 11.6 Å². The van der Waals surface area contributed by atoms with E-state index >= 15 is 0 Å². The molecule has 1 heterocycles. The van der Waals surface area contributed by atoms with Gasteiger partial charge < -0.3 is 0 Å². The van der Waals surface area contributed by atoms with E-state index in [0.29, 0.717) is 22.1 Å². The van der Waals surface area contributed by atoms with E-state index in [-0.39, 0.29) is 11.3 Å². The number of aryl methyl sites for hydroxylation is 1. The normalized spacial score (nSPS) is 10.7. The molecule has 0 N–H and O–H groups in total. The first-order valence-corrected chi connectivity index (χ1v) is 5.82. The minimum atomic E-state index is -0.552. The van der Waals surface area contributed by atoms with Gasteiger partial charge in [0.1, 0.15) is 5.82 Å². The number of hydrogen-bond acceptors (Lipinski definition) is 2. The maximum absolute atomic E-state index is 13.7. The zero-order valence-electron chi connectivity index (χ0n) is 10.3. The van der Waals surface area contributed by atoms with Crippen molar-refractivity contribution in [3.8, 4) is 5.69 Å². The van der Waals surface area contributed by atoms with Crippen LogP contribution in [-0.4, -0.2) is 15.6 Å². The summed E-state index contributed by atoms with van der Waals surface area (Å²) in [7, 11) is 0. The Hall–Kier alpha value is -1.68. The standard InChI is InChI=1S/C13H12ClFN2O/c1-7-13(14)8(2)17(16-7)11-6-4-5-10(15)12(11)9(3)18/h4-6H,1-3H3. The summed E-state index contributed by atoms with van der Waals surface area (Å²) in [5, 5.41) is 4.75. The Kier molecular flexibility index (Phi) is 3.22. The molecule has 2 rings (SSSR count). The van der Waals surface area contributed by atoms with Crippen LogP contribution in [0.5, 0.6) is 0 Å². The molecule has 0 fully saturated rings. The summed E-state index contributed by atoms with van der Waals surface area (Å²) in [6.45, 7) is 4.87. The molecule has 0 amide bonds. The smallest absolute Gasteiger partial charge is 0.164 e. The van der Waals surface area contributed by atoms with E-state index in [0.717, 1.165) is 0 Å². The first-order valence-electron chi connectivity index (χ1n) is 5.45. The van der Waals surface area contributed by atoms with Gasteiger partial charge in [0.15, 0.2) is 5.78 Å². The van der Waals surface area contributed by atoms with E-state index in [9.17, 15) is 9.18 Å². The van der Waals surface area contributed by atoms with E-state index in [1.807, 2.05) is 0 Å². The van der Waals surface area contributed by atoms with Gasteiger partial charge in [0.05, 0.1) is 27.7 Å². The summed E-state index contributed by atoms with van der Waals surface area (Å²) in [6.07, 6.45) is 0. The van der Waals surface area contributed by atoms with Crippen LogP contribution in [0.1, 0.15) is 28.7 Å². The molecule has 0 saturated carbocycles. The molecule has 3 nitrogen and oxygen atoms in total. The van der Waals surface area contributed by atoms with Gasteiger partial charge in [-0.3, -0.25) is 4.79 Å². The van der Waals surface area contributed by atoms with Crippen LogP contribution in [0.25, 0.3) is 5.69 Å². The molecule has 2 aromatic rings. The van der Waals surface area contributed by atoms with Gasteiger partial charge >= 0.3 is 0 Å². The Morgan fingerprint density at radius 1 is 1.39 bits per heavy atom. The second kappa shape index (κ2) is 4.53. The molecule has 1 aromatic heterocycles. The van der Waals surface area contributed by atoms with Gasteiger partial charge in [-0.25, -0.2) is 9.07 Å². The SMILES string of the molecule is CC(=O)c1c(F)cccc1-n1nc(C)c(Cl)c1C. The van der Waals surface area contributed by atoms with Crippen molar-refractivity contribution >= 4 is 17.4 Å². The number of Topliss-reactive ketones (excluding diaryl/α,β-unsaturated/α-hetero) is 1. The van der Waals surface area contributed by atoms with Crippen LogP contribution in [-0.2, 0) is 0 Å². The fourth-order valence-electron chi connectivity index (χ4n) is 1.90. The number of ketones is 1. The molecule has 94 valence electrons. The number of nitrogens with zero attached hydrogens (tertiary/aromatic N) is 2. The van der Waals surface area contributed by atoms with Crippen molar-refractivity contribution in [2.45, 2.75) is 20.8 Å². The largest absolute Gasteiger partial charge is 0.294 e. The molecule has 0 aliphatic rings. The van der Waals surface area contributed by atoms with Crippen molar-refractivity contribution in [2.24, 2.45) is 0 Å². The van der Waals surface area contributed by atoms with Crippen LogP contribution in [0.4, 0.5) is 4.39 Å². The van der Waals surface area contributed by atoms with E-state index < -0.39 is 5.82 Å². The summed E-state index contributed by atoms with van der Waals surface area (Å²) in [6, 6.07) is 4.45. The fraction of sp³-hybridized carbons (Fsp3) is 0.231. The molecule has 5 heteroatoms. The molecule has 0 saturated heterocycles. The van der Waals surface area contributed by atoms with Gasteiger partial charge in [0, 0.05) is 0 Å². The molecule has 0 spiro atoms. The first kappa shape index (κ1) is 12.8. The lowest BCUT2D eigenvalue weighted by atomic mass is 10.1. The molecule has 0 bridgehead atoms. The molecule has 18 heavy (non-hydrogen) atoms. The number of carbonyl (C=O) groups is 1. The molecule has 0 aliphatic heterocycles. The number of rotatable bonds is 2. The highest BCUT2D eigenvalue weighted by Gasteiger charge is 2.18. The first-order chi connectivity index (χ1) is 8.43. The Morgan fingerprint density at radius 3 is 2.56 bits per heavy atom. The van der Waals surface area contributed by atoms with Crippen LogP contribution in [0.3, 0.4) is 0 Å². The number of hydrogen-bond donors (Lipinski definition) is 0. The van der Waals surface area contributed by atoms with Gasteiger partial charge in [-0.1, -0.05) is 17.7 Å². The topological polar surface area (TPSA) is 34.9 Å². The monoisotopic (exact) mass is 266 g/mol. The lowest BCUT2D eigenvalue weighted by molar-refractivity contribution is 0.101. The Balaban J connectivity index is 2.75. The second-order valence-corrected chi connectivity index (χ2v) is 4.46. The number of carbonyl (C=O) groups excluding carboxylic acids is 1. The van der Waals surface area contributed by atoms with Gasteiger partial charge in [-0.2, -0.15) is 5.10 Å².